The van der Waals surface area contributed by atoms with Crippen molar-refractivity contribution in [1.82, 2.24) is 9.88 Å². The number of aromatic nitrogens is 1. The first-order valence-corrected chi connectivity index (χ1v) is 7.27. The molecular weight excluding hydrogens is 297 g/mol. The van der Waals surface area contributed by atoms with Gasteiger partial charge in [-0.3, -0.25) is 4.79 Å². The van der Waals surface area contributed by atoms with E-state index in [2.05, 4.69) is 4.98 Å². The fourth-order valence-corrected chi connectivity index (χ4v) is 2.29. The number of alkyl halides is 3. The van der Waals surface area contributed by atoms with Gasteiger partial charge in [0.05, 0.1) is 0 Å². The Morgan fingerprint density at radius 2 is 1.95 bits per heavy atom. The SMILES string of the molecule is CC(C)c1ccc(C(=O)N2CCCC2)c(OCC(F)(F)F)n1. The maximum absolute atomic E-state index is 12.4. The molecule has 1 aromatic rings. The van der Waals surface area contributed by atoms with Crippen molar-refractivity contribution in [2.45, 2.75) is 38.8 Å². The molecule has 1 aliphatic rings. The Kier molecular flexibility index (Phi) is 4.93. The minimum Gasteiger partial charge on any atom is -0.467 e. The Bertz CT molecular complexity index is 538. The van der Waals surface area contributed by atoms with Crippen LogP contribution in [-0.4, -0.2) is 41.7 Å². The number of carbonyl (C=O) groups is 1. The lowest BCUT2D eigenvalue weighted by molar-refractivity contribution is -0.154. The third-order valence-electron chi connectivity index (χ3n) is 3.47. The lowest BCUT2D eigenvalue weighted by atomic mass is 10.1. The van der Waals surface area contributed by atoms with Gasteiger partial charge in [-0.15, -0.1) is 0 Å². The Hall–Kier alpha value is -1.79. The van der Waals surface area contributed by atoms with E-state index in [1.54, 1.807) is 11.0 Å². The molecule has 1 aromatic heterocycles. The van der Waals surface area contributed by atoms with Gasteiger partial charge < -0.3 is 9.64 Å². The predicted molar refractivity (Wildman–Crippen MR) is 75.0 cm³/mol. The van der Waals surface area contributed by atoms with Crippen LogP contribution in [0.15, 0.2) is 12.1 Å². The maximum atomic E-state index is 12.4. The van der Waals surface area contributed by atoms with Crippen molar-refractivity contribution >= 4 is 5.91 Å². The van der Waals surface area contributed by atoms with E-state index in [0.29, 0.717) is 18.8 Å². The van der Waals surface area contributed by atoms with Crippen LogP contribution >= 0.6 is 0 Å². The van der Waals surface area contributed by atoms with Crippen LogP contribution in [0.3, 0.4) is 0 Å². The van der Waals surface area contributed by atoms with Gasteiger partial charge in [0.25, 0.3) is 5.91 Å². The molecule has 1 fully saturated rings. The zero-order valence-electron chi connectivity index (χ0n) is 12.6. The molecule has 2 rings (SSSR count). The zero-order chi connectivity index (χ0) is 16.3. The summed E-state index contributed by atoms with van der Waals surface area (Å²) in [5.74, 6) is -0.526. The molecule has 0 bridgehead atoms. The monoisotopic (exact) mass is 316 g/mol. The Morgan fingerprint density at radius 3 is 2.50 bits per heavy atom. The summed E-state index contributed by atoms with van der Waals surface area (Å²) in [7, 11) is 0. The topological polar surface area (TPSA) is 42.4 Å². The number of amides is 1. The average molecular weight is 316 g/mol. The lowest BCUT2D eigenvalue weighted by Crippen LogP contribution is -2.29. The van der Waals surface area contributed by atoms with Gasteiger partial charge >= 0.3 is 6.18 Å². The van der Waals surface area contributed by atoms with Crippen molar-refractivity contribution in [3.8, 4) is 5.88 Å². The first-order valence-electron chi connectivity index (χ1n) is 7.27. The lowest BCUT2D eigenvalue weighted by Gasteiger charge is -2.19. The molecule has 0 radical (unpaired) electrons. The highest BCUT2D eigenvalue weighted by Crippen LogP contribution is 2.25. The molecule has 1 aliphatic heterocycles. The Morgan fingerprint density at radius 1 is 1.32 bits per heavy atom. The molecule has 0 N–H and O–H groups in total. The van der Waals surface area contributed by atoms with E-state index in [1.165, 1.54) is 6.07 Å². The molecule has 0 aromatic carbocycles. The van der Waals surface area contributed by atoms with E-state index in [-0.39, 0.29) is 23.3 Å². The molecule has 0 spiro atoms. The van der Waals surface area contributed by atoms with Gasteiger partial charge in [0, 0.05) is 18.8 Å². The van der Waals surface area contributed by atoms with Crippen LogP contribution < -0.4 is 4.74 Å². The number of halogens is 3. The van der Waals surface area contributed by atoms with Crippen LogP contribution in [0, 0.1) is 0 Å². The minimum atomic E-state index is -4.47. The second kappa shape index (κ2) is 6.54. The Balaban J connectivity index is 2.28. The maximum Gasteiger partial charge on any atom is 0.422 e. The van der Waals surface area contributed by atoms with Crippen LogP contribution in [0.25, 0.3) is 0 Å². The summed E-state index contributed by atoms with van der Waals surface area (Å²) in [5.41, 5.74) is 0.686. The predicted octanol–water partition coefficient (Wildman–Crippen LogP) is 3.38. The summed E-state index contributed by atoms with van der Waals surface area (Å²) in [5, 5.41) is 0. The second-order valence-corrected chi connectivity index (χ2v) is 5.65. The van der Waals surface area contributed by atoms with E-state index in [0.717, 1.165) is 12.8 Å². The van der Waals surface area contributed by atoms with Gasteiger partial charge in [0.15, 0.2) is 6.61 Å². The van der Waals surface area contributed by atoms with Gasteiger partial charge in [-0.05, 0) is 30.9 Å². The number of ether oxygens (including phenoxy) is 1. The second-order valence-electron chi connectivity index (χ2n) is 5.65. The standard InChI is InChI=1S/C15H19F3N2O2/c1-10(2)12-6-5-11(14(21)20-7-3-4-8-20)13(19-12)22-9-15(16,17)18/h5-6,10H,3-4,7-9H2,1-2H3. The van der Waals surface area contributed by atoms with Gasteiger partial charge in [0.1, 0.15) is 5.56 Å². The molecule has 7 heteroatoms. The summed E-state index contributed by atoms with van der Waals surface area (Å²) in [4.78, 5) is 18.1. The van der Waals surface area contributed by atoms with Gasteiger partial charge in [0.2, 0.25) is 5.88 Å². The van der Waals surface area contributed by atoms with Crippen LogP contribution in [0.5, 0.6) is 5.88 Å². The molecule has 1 amide bonds. The van der Waals surface area contributed by atoms with Crippen molar-refractivity contribution in [2.75, 3.05) is 19.7 Å². The molecular formula is C15H19F3N2O2. The van der Waals surface area contributed by atoms with Crippen molar-refractivity contribution in [3.63, 3.8) is 0 Å². The van der Waals surface area contributed by atoms with E-state index in [1.807, 2.05) is 13.8 Å². The highest BCUT2D eigenvalue weighted by Gasteiger charge is 2.31. The number of nitrogens with zero attached hydrogens (tertiary/aromatic N) is 2. The van der Waals surface area contributed by atoms with Crippen molar-refractivity contribution < 1.29 is 22.7 Å². The smallest absolute Gasteiger partial charge is 0.422 e. The number of likely N-dealkylation sites (tertiary alicyclic amines) is 1. The average Bonchev–Trinajstić information content (AvgIpc) is 2.97. The molecule has 122 valence electrons. The Labute approximate surface area is 127 Å². The van der Waals surface area contributed by atoms with E-state index in [4.69, 9.17) is 4.74 Å². The van der Waals surface area contributed by atoms with Gasteiger partial charge in [-0.2, -0.15) is 13.2 Å². The van der Waals surface area contributed by atoms with E-state index >= 15 is 0 Å². The number of hydrogen-bond donors (Lipinski definition) is 0. The van der Waals surface area contributed by atoms with Crippen molar-refractivity contribution in [3.05, 3.63) is 23.4 Å². The molecule has 22 heavy (non-hydrogen) atoms. The zero-order valence-corrected chi connectivity index (χ0v) is 12.6. The fraction of sp³-hybridized carbons (Fsp3) is 0.600. The first kappa shape index (κ1) is 16.6. The largest absolute Gasteiger partial charge is 0.467 e. The van der Waals surface area contributed by atoms with Crippen LogP contribution in [-0.2, 0) is 0 Å². The molecule has 0 unspecified atom stereocenters. The highest BCUT2D eigenvalue weighted by molar-refractivity contribution is 5.96. The van der Waals surface area contributed by atoms with E-state index in [9.17, 15) is 18.0 Å². The summed E-state index contributed by atoms with van der Waals surface area (Å²) in [6, 6.07) is 3.17. The summed E-state index contributed by atoms with van der Waals surface area (Å²) in [6.07, 6.45) is -2.66. The molecule has 1 saturated heterocycles. The number of rotatable bonds is 4. The third-order valence-corrected chi connectivity index (χ3v) is 3.47. The quantitative estimate of drug-likeness (QED) is 0.855. The summed E-state index contributed by atoms with van der Waals surface area (Å²) in [6.45, 7) is 3.52. The normalized spacial score (nSPS) is 15.5. The van der Waals surface area contributed by atoms with Crippen molar-refractivity contribution in [1.29, 1.82) is 0 Å². The van der Waals surface area contributed by atoms with Gasteiger partial charge in [-0.1, -0.05) is 13.8 Å². The molecule has 0 atom stereocenters. The molecule has 0 saturated carbocycles. The minimum absolute atomic E-state index is 0.0316. The van der Waals surface area contributed by atoms with E-state index < -0.39 is 12.8 Å². The fourth-order valence-electron chi connectivity index (χ4n) is 2.29. The third kappa shape index (κ3) is 4.11. The molecule has 2 heterocycles. The highest BCUT2D eigenvalue weighted by atomic mass is 19.4. The number of hydrogen-bond acceptors (Lipinski definition) is 3. The molecule has 4 nitrogen and oxygen atoms in total. The first-order chi connectivity index (χ1) is 10.3. The number of pyridine rings is 1. The number of carbonyl (C=O) groups excluding carboxylic acids is 1. The summed E-state index contributed by atoms with van der Waals surface area (Å²) >= 11 is 0. The van der Waals surface area contributed by atoms with Gasteiger partial charge in [-0.25, -0.2) is 4.98 Å². The molecule has 0 aliphatic carbocycles. The van der Waals surface area contributed by atoms with Crippen LogP contribution in [0.2, 0.25) is 0 Å². The van der Waals surface area contributed by atoms with Crippen LogP contribution in [0.4, 0.5) is 13.2 Å². The van der Waals surface area contributed by atoms with Crippen LogP contribution in [0.1, 0.15) is 48.7 Å². The summed E-state index contributed by atoms with van der Waals surface area (Å²) < 4.78 is 41.9. The van der Waals surface area contributed by atoms with Crippen molar-refractivity contribution in [2.24, 2.45) is 0 Å².